The molecule has 0 bridgehead atoms. The van der Waals surface area contributed by atoms with Gasteiger partial charge in [0.25, 0.3) is 0 Å². The van der Waals surface area contributed by atoms with Crippen molar-refractivity contribution in [1.82, 2.24) is 0 Å². The summed E-state index contributed by atoms with van der Waals surface area (Å²) < 4.78 is 1.00. The summed E-state index contributed by atoms with van der Waals surface area (Å²) in [6.07, 6.45) is 0. The van der Waals surface area contributed by atoms with Crippen LogP contribution in [0.1, 0.15) is 15.9 Å². The first-order valence-corrected chi connectivity index (χ1v) is 4.77. The van der Waals surface area contributed by atoms with Gasteiger partial charge in [0, 0.05) is 8.47 Å². The zero-order chi connectivity index (χ0) is 9.30. The number of aryl methyl sites for hydroxylation is 1. The Morgan fingerprint density at radius 3 is 2.58 bits per heavy atom. The van der Waals surface area contributed by atoms with E-state index in [1.807, 2.05) is 6.07 Å². The van der Waals surface area contributed by atoms with Crippen LogP contribution in [0.25, 0.3) is 0 Å². The molecule has 1 rings (SSSR count). The maximum Gasteiger partial charge on any atom is 0.337 e. The zero-order valence-corrected chi connectivity index (χ0v) is 9.39. The van der Waals surface area contributed by atoms with Crippen LogP contribution in [0, 0.1) is 10.5 Å². The predicted molar refractivity (Wildman–Crippen MR) is 58.1 cm³/mol. The smallest absolute Gasteiger partial charge is 0.337 e. The van der Waals surface area contributed by atoms with Gasteiger partial charge in [-0.3, -0.25) is 0 Å². The van der Waals surface area contributed by atoms with Crippen LogP contribution < -0.4 is 0 Å². The average Bonchev–Trinajstić information content (AvgIpc) is 1.82. The monoisotopic (exact) mass is 294 g/mol. The maximum absolute atomic E-state index is 10.7. The summed E-state index contributed by atoms with van der Waals surface area (Å²) in [6.45, 7) is 1.77. The van der Waals surface area contributed by atoms with Gasteiger partial charge in [0.2, 0.25) is 0 Å². The molecule has 0 unspecified atom stereocenters. The van der Waals surface area contributed by atoms with Crippen molar-refractivity contribution in [3.8, 4) is 0 Å². The lowest BCUT2D eigenvalue weighted by atomic mass is 10.1. The summed E-state index contributed by atoms with van der Waals surface area (Å²) in [5.74, 6) is -0.922. The highest BCUT2D eigenvalue weighted by molar-refractivity contribution is 14.1. The van der Waals surface area contributed by atoms with Gasteiger partial charge in [0.05, 0.1) is 5.56 Å². The molecule has 0 spiro atoms. The molecule has 0 amide bonds. The summed E-state index contributed by atoms with van der Waals surface area (Å²) in [7, 11) is 0. The van der Waals surface area contributed by atoms with Gasteiger partial charge >= 0.3 is 5.97 Å². The van der Waals surface area contributed by atoms with Crippen molar-refractivity contribution in [2.24, 2.45) is 0 Å². The summed E-state index contributed by atoms with van der Waals surface area (Å²) in [4.78, 5) is 11.2. The predicted octanol–water partition coefficient (Wildman–Crippen LogP) is 2.59. The Morgan fingerprint density at radius 1 is 1.58 bits per heavy atom. The fourth-order valence-corrected chi connectivity index (χ4v) is 2.44. The number of rotatable bonds is 1. The Morgan fingerprint density at radius 2 is 2.17 bits per heavy atom. The van der Waals surface area contributed by atoms with E-state index in [0.717, 1.165) is 9.13 Å². The standard InChI is InChI=1S/C8H7IO2S/c1-4-2-5(9)3-6(12)7(4)8(10)11/h2-3,12H,1H3,(H,10,11). The number of halogens is 1. The molecule has 2 nitrogen and oxygen atoms in total. The number of carboxylic acids is 1. The van der Waals surface area contributed by atoms with E-state index < -0.39 is 5.97 Å². The van der Waals surface area contributed by atoms with Crippen molar-refractivity contribution >= 4 is 41.2 Å². The van der Waals surface area contributed by atoms with Gasteiger partial charge in [-0.15, -0.1) is 12.6 Å². The largest absolute Gasteiger partial charge is 0.478 e. The number of hydrogen-bond acceptors (Lipinski definition) is 2. The molecule has 0 aromatic heterocycles. The van der Waals surface area contributed by atoms with Crippen LogP contribution in [0.5, 0.6) is 0 Å². The molecule has 0 aliphatic rings. The Kier molecular flexibility index (Phi) is 3.00. The number of carboxylic acid groups (broad SMARTS) is 1. The molecule has 0 heterocycles. The normalized spacial score (nSPS) is 9.92. The van der Waals surface area contributed by atoms with E-state index in [4.69, 9.17) is 5.11 Å². The third-order valence-corrected chi connectivity index (χ3v) is 2.47. The Balaban J connectivity index is 3.38. The third kappa shape index (κ3) is 1.92. The first-order chi connectivity index (χ1) is 5.52. The Hall–Kier alpha value is -0.230. The lowest BCUT2D eigenvalue weighted by molar-refractivity contribution is 0.0692. The second-order valence-corrected chi connectivity index (χ2v) is 4.15. The molecular formula is C8H7IO2S. The van der Waals surface area contributed by atoms with Gasteiger partial charge in [-0.1, -0.05) is 0 Å². The molecular weight excluding hydrogens is 287 g/mol. The van der Waals surface area contributed by atoms with Crippen molar-refractivity contribution in [1.29, 1.82) is 0 Å². The van der Waals surface area contributed by atoms with Gasteiger partial charge in [-0.05, 0) is 47.2 Å². The zero-order valence-electron chi connectivity index (χ0n) is 6.34. The molecule has 0 aliphatic carbocycles. The van der Waals surface area contributed by atoms with E-state index in [1.165, 1.54) is 0 Å². The minimum Gasteiger partial charge on any atom is -0.478 e. The number of benzene rings is 1. The van der Waals surface area contributed by atoms with Gasteiger partial charge < -0.3 is 5.11 Å². The molecule has 1 N–H and O–H groups in total. The first-order valence-electron chi connectivity index (χ1n) is 3.25. The Bertz CT molecular complexity index is 313. The number of hydrogen-bond donors (Lipinski definition) is 2. The fourth-order valence-electron chi connectivity index (χ4n) is 1.00. The van der Waals surface area contributed by atoms with Crippen molar-refractivity contribution < 1.29 is 9.90 Å². The molecule has 64 valence electrons. The second kappa shape index (κ2) is 3.66. The van der Waals surface area contributed by atoms with Gasteiger partial charge in [0.1, 0.15) is 0 Å². The molecule has 0 saturated carbocycles. The first kappa shape index (κ1) is 9.85. The van der Waals surface area contributed by atoms with Crippen LogP contribution in [-0.2, 0) is 0 Å². The van der Waals surface area contributed by atoms with E-state index in [0.29, 0.717) is 10.5 Å². The highest BCUT2D eigenvalue weighted by Crippen LogP contribution is 2.21. The van der Waals surface area contributed by atoms with Crippen molar-refractivity contribution in [3.05, 3.63) is 26.8 Å². The van der Waals surface area contributed by atoms with Crippen molar-refractivity contribution in [3.63, 3.8) is 0 Å². The summed E-state index contributed by atoms with van der Waals surface area (Å²) in [5.41, 5.74) is 1.04. The fraction of sp³-hybridized carbons (Fsp3) is 0.125. The molecule has 0 atom stereocenters. The maximum atomic E-state index is 10.7. The quantitative estimate of drug-likeness (QED) is 0.617. The molecule has 0 saturated heterocycles. The summed E-state index contributed by atoms with van der Waals surface area (Å²) in [6, 6.07) is 3.56. The second-order valence-electron chi connectivity index (χ2n) is 2.42. The van der Waals surface area contributed by atoms with E-state index in [-0.39, 0.29) is 0 Å². The minimum atomic E-state index is -0.922. The van der Waals surface area contributed by atoms with Gasteiger partial charge in [-0.2, -0.15) is 0 Å². The van der Waals surface area contributed by atoms with E-state index >= 15 is 0 Å². The third-order valence-electron chi connectivity index (χ3n) is 1.49. The van der Waals surface area contributed by atoms with Crippen LogP contribution in [0.3, 0.4) is 0 Å². The number of carbonyl (C=O) groups is 1. The molecule has 1 aromatic rings. The van der Waals surface area contributed by atoms with Crippen molar-refractivity contribution in [2.75, 3.05) is 0 Å². The highest BCUT2D eigenvalue weighted by Gasteiger charge is 2.11. The molecule has 1 aromatic carbocycles. The SMILES string of the molecule is Cc1cc(I)cc(S)c1C(=O)O. The van der Waals surface area contributed by atoms with Crippen LogP contribution in [0.4, 0.5) is 0 Å². The Labute approximate surface area is 89.5 Å². The summed E-state index contributed by atoms with van der Waals surface area (Å²) in [5, 5.41) is 8.79. The lowest BCUT2D eigenvalue weighted by Gasteiger charge is -2.04. The van der Waals surface area contributed by atoms with E-state index in [9.17, 15) is 4.79 Å². The lowest BCUT2D eigenvalue weighted by Crippen LogP contribution is -2.01. The molecule has 12 heavy (non-hydrogen) atoms. The van der Waals surface area contributed by atoms with Crippen LogP contribution >= 0.6 is 35.2 Å². The van der Waals surface area contributed by atoms with E-state index in [1.54, 1.807) is 13.0 Å². The van der Waals surface area contributed by atoms with Crippen LogP contribution in [-0.4, -0.2) is 11.1 Å². The molecule has 0 aliphatic heterocycles. The molecule has 0 radical (unpaired) electrons. The minimum absolute atomic E-state index is 0.291. The van der Waals surface area contributed by atoms with E-state index in [2.05, 4.69) is 35.2 Å². The van der Waals surface area contributed by atoms with Gasteiger partial charge in [0.15, 0.2) is 0 Å². The molecule has 0 fully saturated rings. The number of aromatic carboxylic acids is 1. The van der Waals surface area contributed by atoms with Crippen LogP contribution in [0.2, 0.25) is 0 Å². The topological polar surface area (TPSA) is 37.3 Å². The highest BCUT2D eigenvalue weighted by atomic mass is 127. The number of thiol groups is 1. The van der Waals surface area contributed by atoms with Crippen molar-refractivity contribution in [2.45, 2.75) is 11.8 Å². The summed E-state index contributed by atoms with van der Waals surface area (Å²) >= 11 is 6.22. The molecule has 4 heteroatoms. The van der Waals surface area contributed by atoms with Gasteiger partial charge in [-0.25, -0.2) is 4.79 Å². The average molecular weight is 294 g/mol. The van der Waals surface area contributed by atoms with Crippen LogP contribution in [0.15, 0.2) is 17.0 Å².